The SMILES string of the molecule is CC12CCC(C)(OC1)C2(C)C. The van der Waals surface area contributed by atoms with Crippen LogP contribution in [0.1, 0.15) is 40.5 Å². The van der Waals surface area contributed by atoms with Crippen LogP contribution in [0, 0.1) is 10.8 Å². The van der Waals surface area contributed by atoms with Crippen molar-refractivity contribution in [2.45, 2.75) is 46.1 Å². The van der Waals surface area contributed by atoms with Gasteiger partial charge in [0.05, 0.1) is 12.2 Å². The van der Waals surface area contributed by atoms with E-state index in [1.807, 2.05) is 0 Å². The first-order valence-electron chi connectivity index (χ1n) is 4.55. The standard InChI is InChI=1S/C10H18O/c1-8(2)9(3)5-6-10(8,4)11-7-9/h5-7H2,1-4H3. The van der Waals surface area contributed by atoms with Crippen LogP contribution in [0.5, 0.6) is 0 Å². The van der Waals surface area contributed by atoms with Gasteiger partial charge in [-0.25, -0.2) is 0 Å². The average Bonchev–Trinajstić information content (AvgIpc) is 2.19. The van der Waals surface area contributed by atoms with Gasteiger partial charge in [0.1, 0.15) is 0 Å². The molecule has 2 fully saturated rings. The lowest BCUT2D eigenvalue weighted by Crippen LogP contribution is -2.37. The second-order valence-corrected chi connectivity index (χ2v) is 5.21. The quantitative estimate of drug-likeness (QED) is 0.521. The molecule has 0 radical (unpaired) electrons. The van der Waals surface area contributed by atoms with Crippen molar-refractivity contribution in [1.82, 2.24) is 0 Å². The van der Waals surface area contributed by atoms with Gasteiger partial charge in [-0.05, 0) is 25.2 Å². The van der Waals surface area contributed by atoms with Crippen molar-refractivity contribution < 1.29 is 4.74 Å². The number of rotatable bonds is 0. The van der Waals surface area contributed by atoms with Crippen molar-refractivity contribution >= 4 is 0 Å². The van der Waals surface area contributed by atoms with E-state index in [9.17, 15) is 0 Å². The second kappa shape index (κ2) is 1.66. The number of ether oxygens (including phenoxy) is 1. The molecule has 0 aromatic heterocycles. The predicted octanol–water partition coefficient (Wildman–Crippen LogP) is 2.60. The van der Waals surface area contributed by atoms with Gasteiger partial charge >= 0.3 is 0 Å². The lowest BCUT2D eigenvalue weighted by atomic mass is 9.67. The van der Waals surface area contributed by atoms with Crippen molar-refractivity contribution in [3.05, 3.63) is 0 Å². The molecule has 1 heteroatoms. The molecule has 1 aliphatic carbocycles. The molecule has 0 N–H and O–H groups in total. The Balaban J connectivity index is 2.46. The van der Waals surface area contributed by atoms with Gasteiger partial charge in [-0.2, -0.15) is 0 Å². The number of hydrogen-bond acceptors (Lipinski definition) is 1. The Morgan fingerprint density at radius 2 is 1.64 bits per heavy atom. The Bertz CT molecular complexity index is 165. The van der Waals surface area contributed by atoms with Crippen LogP contribution in [0.15, 0.2) is 0 Å². The highest BCUT2D eigenvalue weighted by molar-refractivity contribution is 5.12. The van der Waals surface area contributed by atoms with E-state index >= 15 is 0 Å². The zero-order valence-electron chi connectivity index (χ0n) is 8.03. The van der Waals surface area contributed by atoms with Gasteiger partial charge in [0.15, 0.2) is 0 Å². The van der Waals surface area contributed by atoms with E-state index < -0.39 is 0 Å². The Morgan fingerprint density at radius 3 is 1.73 bits per heavy atom. The summed E-state index contributed by atoms with van der Waals surface area (Å²) >= 11 is 0. The van der Waals surface area contributed by atoms with Gasteiger partial charge in [-0.15, -0.1) is 0 Å². The molecular formula is C10H18O. The first-order chi connectivity index (χ1) is 4.91. The third-order valence-electron chi connectivity index (χ3n) is 4.69. The summed E-state index contributed by atoms with van der Waals surface area (Å²) < 4.78 is 5.86. The molecule has 0 aromatic carbocycles. The maximum Gasteiger partial charge on any atom is 0.0711 e. The fraction of sp³-hybridized carbons (Fsp3) is 1.00. The Morgan fingerprint density at radius 1 is 1.00 bits per heavy atom. The Hall–Kier alpha value is -0.0400. The van der Waals surface area contributed by atoms with Crippen LogP contribution < -0.4 is 0 Å². The molecule has 2 aliphatic rings. The monoisotopic (exact) mass is 154 g/mol. The van der Waals surface area contributed by atoms with Gasteiger partial charge in [-0.3, -0.25) is 0 Å². The molecule has 1 heterocycles. The molecule has 11 heavy (non-hydrogen) atoms. The van der Waals surface area contributed by atoms with Gasteiger partial charge in [0.2, 0.25) is 0 Å². The third kappa shape index (κ3) is 0.618. The summed E-state index contributed by atoms with van der Waals surface area (Å²) in [5, 5.41) is 0. The number of hydrogen-bond donors (Lipinski definition) is 0. The third-order valence-corrected chi connectivity index (χ3v) is 4.69. The maximum absolute atomic E-state index is 5.86. The fourth-order valence-corrected chi connectivity index (χ4v) is 2.60. The van der Waals surface area contributed by atoms with Crippen molar-refractivity contribution in [2.24, 2.45) is 10.8 Å². The minimum atomic E-state index is 0.168. The largest absolute Gasteiger partial charge is 0.374 e. The first-order valence-corrected chi connectivity index (χ1v) is 4.55. The molecule has 2 bridgehead atoms. The van der Waals surface area contributed by atoms with E-state index in [1.54, 1.807) is 0 Å². The minimum Gasteiger partial charge on any atom is -0.374 e. The summed E-state index contributed by atoms with van der Waals surface area (Å²) in [6.45, 7) is 10.3. The molecule has 0 spiro atoms. The maximum atomic E-state index is 5.86. The fourth-order valence-electron chi connectivity index (χ4n) is 2.60. The van der Waals surface area contributed by atoms with E-state index in [4.69, 9.17) is 4.74 Å². The van der Waals surface area contributed by atoms with E-state index in [0.29, 0.717) is 10.8 Å². The van der Waals surface area contributed by atoms with Crippen LogP contribution in [0.2, 0.25) is 0 Å². The van der Waals surface area contributed by atoms with Crippen LogP contribution in [0.25, 0.3) is 0 Å². The van der Waals surface area contributed by atoms with Gasteiger partial charge in [0, 0.05) is 5.41 Å². The smallest absolute Gasteiger partial charge is 0.0711 e. The van der Waals surface area contributed by atoms with Gasteiger partial charge in [-0.1, -0.05) is 20.8 Å². The summed E-state index contributed by atoms with van der Waals surface area (Å²) in [4.78, 5) is 0. The van der Waals surface area contributed by atoms with E-state index in [1.165, 1.54) is 12.8 Å². The minimum absolute atomic E-state index is 0.168. The highest BCUT2D eigenvalue weighted by Gasteiger charge is 2.64. The van der Waals surface area contributed by atoms with Crippen molar-refractivity contribution in [2.75, 3.05) is 6.61 Å². The predicted molar refractivity (Wildman–Crippen MR) is 45.5 cm³/mol. The van der Waals surface area contributed by atoms with E-state index in [-0.39, 0.29) is 5.60 Å². The molecule has 0 amide bonds. The normalized spacial score (nSPS) is 53.5. The molecule has 2 rings (SSSR count). The lowest BCUT2D eigenvalue weighted by Gasteiger charge is -2.36. The molecule has 2 unspecified atom stereocenters. The highest BCUT2D eigenvalue weighted by atomic mass is 16.5. The molecule has 1 saturated carbocycles. The van der Waals surface area contributed by atoms with Crippen LogP contribution in [0.4, 0.5) is 0 Å². The molecule has 2 atom stereocenters. The van der Waals surface area contributed by atoms with Crippen molar-refractivity contribution in [3.63, 3.8) is 0 Å². The first kappa shape index (κ1) is 7.60. The zero-order chi connectivity index (χ0) is 8.33. The Kier molecular flexibility index (Phi) is 1.15. The number of fused-ring (bicyclic) bond motifs is 2. The van der Waals surface area contributed by atoms with E-state index in [0.717, 1.165) is 6.61 Å². The summed E-state index contributed by atoms with van der Waals surface area (Å²) in [7, 11) is 0. The summed E-state index contributed by atoms with van der Waals surface area (Å²) in [5.74, 6) is 0. The molecule has 64 valence electrons. The molecule has 0 aromatic rings. The highest BCUT2D eigenvalue weighted by Crippen LogP contribution is 2.64. The van der Waals surface area contributed by atoms with Crippen molar-refractivity contribution in [1.29, 1.82) is 0 Å². The van der Waals surface area contributed by atoms with Gasteiger partial charge < -0.3 is 4.74 Å². The topological polar surface area (TPSA) is 9.23 Å². The van der Waals surface area contributed by atoms with E-state index in [2.05, 4.69) is 27.7 Å². The second-order valence-electron chi connectivity index (χ2n) is 5.21. The molecule has 1 nitrogen and oxygen atoms in total. The summed E-state index contributed by atoms with van der Waals surface area (Å²) in [6.07, 6.45) is 2.59. The van der Waals surface area contributed by atoms with Gasteiger partial charge in [0.25, 0.3) is 0 Å². The van der Waals surface area contributed by atoms with Crippen LogP contribution in [0.3, 0.4) is 0 Å². The van der Waals surface area contributed by atoms with Crippen LogP contribution in [-0.4, -0.2) is 12.2 Å². The Labute approximate surface area is 69.1 Å². The zero-order valence-corrected chi connectivity index (χ0v) is 8.03. The van der Waals surface area contributed by atoms with Crippen molar-refractivity contribution in [3.8, 4) is 0 Å². The summed E-state index contributed by atoms with van der Waals surface area (Å²) in [6, 6.07) is 0. The van der Waals surface area contributed by atoms with Crippen LogP contribution >= 0.6 is 0 Å². The molecule has 1 saturated heterocycles. The van der Waals surface area contributed by atoms with Crippen LogP contribution in [-0.2, 0) is 4.74 Å². The molecule has 1 aliphatic heterocycles. The average molecular weight is 154 g/mol. The molecular weight excluding hydrogens is 136 g/mol. The lowest BCUT2D eigenvalue weighted by molar-refractivity contribution is -0.0366. The summed E-state index contributed by atoms with van der Waals surface area (Å²) in [5.41, 5.74) is 0.990.